The molecule has 1 aliphatic heterocycles. The van der Waals surface area contributed by atoms with Crippen molar-refractivity contribution in [3.8, 4) is 5.75 Å². The van der Waals surface area contributed by atoms with Crippen molar-refractivity contribution in [3.63, 3.8) is 0 Å². The summed E-state index contributed by atoms with van der Waals surface area (Å²) in [5, 5.41) is 2.93. The summed E-state index contributed by atoms with van der Waals surface area (Å²) in [7, 11) is 0. The zero-order chi connectivity index (χ0) is 15.1. The number of hydrogen-bond donors (Lipinski definition) is 1. The Labute approximate surface area is 126 Å². The SMILES string of the molecule is CC(C)CCNC(=O)c1ccc(OCC2CCCO2)cc1. The summed E-state index contributed by atoms with van der Waals surface area (Å²) in [6.07, 6.45) is 3.39. The van der Waals surface area contributed by atoms with Gasteiger partial charge in [0.15, 0.2) is 0 Å². The predicted octanol–water partition coefficient (Wildman–Crippen LogP) is 3.02. The maximum absolute atomic E-state index is 11.9. The van der Waals surface area contributed by atoms with Crippen molar-refractivity contribution in [1.29, 1.82) is 0 Å². The van der Waals surface area contributed by atoms with Crippen molar-refractivity contribution in [2.45, 2.75) is 39.2 Å². The summed E-state index contributed by atoms with van der Waals surface area (Å²) >= 11 is 0. The molecule has 2 rings (SSSR count). The van der Waals surface area contributed by atoms with Crippen LogP contribution in [0.2, 0.25) is 0 Å². The quantitative estimate of drug-likeness (QED) is 0.840. The van der Waals surface area contributed by atoms with Crippen LogP contribution in [0.25, 0.3) is 0 Å². The fraction of sp³-hybridized carbons (Fsp3) is 0.588. The van der Waals surface area contributed by atoms with Gasteiger partial charge in [0.1, 0.15) is 12.4 Å². The summed E-state index contributed by atoms with van der Waals surface area (Å²) in [6, 6.07) is 7.28. The maximum Gasteiger partial charge on any atom is 0.251 e. The van der Waals surface area contributed by atoms with Gasteiger partial charge in [0.2, 0.25) is 0 Å². The number of benzene rings is 1. The Morgan fingerprint density at radius 1 is 1.38 bits per heavy atom. The van der Waals surface area contributed by atoms with E-state index < -0.39 is 0 Å². The zero-order valence-corrected chi connectivity index (χ0v) is 12.9. The summed E-state index contributed by atoms with van der Waals surface area (Å²) in [5.74, 6) is 1.35. The molecular formula is C17H25NO3. The molecule has 0 radical (unpaired) electrons. The van der Waals surface area contributed by atoms with Crippen LogP contribution in [0.4, 0.5) is 0 Å². The third-order valence-corrected chi connectivity index (χ3v) is 3.58. The van der Waals surface area contributed by atoms with E-state index in [2.05, 4.69) is 19.2 Å². The lowest BCUT2D eigenvalue weighted by Gasteiger charge is -2.12. The van der Waals surface area contributed by atoms with E-state index in [9.17, 15) is 4.79 Å². The molecule has 0 saturated carbocycles. The van der Waals surface area contributed by atoms with E-state index in [-0.39, 0.29) is 12.0 Å². The number of nitrogens with one attached hydrogen (secondary N) is 1. The van der Waals surface area contributed by atoms with Gasteiger partial charge in [-0.1, -0.05) is 13.8 Å². The maximum atomic E-state index is 11.9. The van der Waals surface area contributed by atoms with Gasteiger partial charge < -0.3 is 14.8 Å². The Hall–Kier alpha value is -1.55. The first-order chi connectivity index (χ1) is 10.1. The number of rotatable bonds is 7. The molecule has 0 aliphatic carbocycles. The second-order valence-electron chi connectivity index (χ2n) is 5.91. The molecule has 116 valence electrons. The van der Waals surface area contributed by atoms with Crippen LogP contribution in [0, 0.1) is 5.92 Å². The normalized spacial score (nSPS) is 18.0. The standard InChI is InChI=1S/C17H25NO3/c1-13(2)9-10-18-17(19)14-5-7-15(8-6-14)21-12-16-4-3-11-20-16/h5-8,13,16H,3-4,9-12H2,1-2H3,(H,18,19). The van der Waals surface area contributed by atoms with E-state index in [0.717, 1.165) is 31.6 Å². The summed E-state index contributed by atoms with van der Waals surface area (Å²) in [6.45, 7) is 6.43. The van der Waals surface area contributed by atoms with Crippen LogP contribution in [-0.4, -0.2) is 31.8 Å². The van der Waals surface area contributed by atoms with Crippen LogP contribution in [0.15, 0.2) is 24.3 Å². The van der Waals surface area contributed by atoms with Gasteiger partial charge in [0.25, 0.3) is 5.91 Å². The van der Waals surface area contributed by atoms with E-state index >= 15 is 0 Å². The van der Waals surface area contributed by atoms with E-state index in [4.69, 9.17) is 9.47 Å². The molecule has 1 aliphatic rings. The van der Waals surface area contributed by atoms with E-state index in [1.165, 1.54) is 0 Å². The first kappa shape index (κ1) is 15.8. The highest BCUT2D eigenvalue weighted by Gasteiger charge is 2.16. The monoisotopic (exact) mass is 291 g/mol. The molecule has 1 heterocycles. The van der Waals surface area contributed by atoms with Gasteiger partial charge in [0.05, 0.1) is 6.10 Å². The fourth-order valence-corrected chi connectivity index (χ4v) is 2.24. The molecule has 1 fully saturated rings. The highest BCUT2D eigenvalue weighted by atomic mass is 16.5. The van der Waals surface area contributed by atoms with Gasteiger partial charge in [-0.05, 0) is 49.4 Å². The molecule has 0 spiro atoms. The molecule has 1 aromatic rings. The molecule has 4 heteroatoms. The van der Waals surface area contributed by atoms with Crippen molar-refractivity contribution in [3.05, 3.63) is 29.8 Å². The molecule has 0 bridgehead atoms. The number of hydrogen-bond acceptors (Lipinski definition) is 3. The van der Waals surface area contributed by atoms with Crippen LogP contribution in [0.3, 0.4) is 0 Å². The van der Waals surface area contributed by atoms with Crippen molar-refractivity contribution >= 4 is 5.91 Å². The summed E-state index contributed by atoms with van der Waals surface area (Å²) in [4.78, 5) is 11.9. The Morgan fingerprint density at radius 3 is 2.76 bits per heavy atom. The van der Waals surface area contributed by atoms with Gasteiger partial charge >= 0.3 is 0 Å². The summed E-state index contributed by atoms with van der Waals surface area (Å²) < 4.78 is 11.2. The highest BCUT2D eigenvalue weighted by molar-refractivity contribution is 5.94. The average Bonchev–Trinajstić information content (AvgIpc) is 2.98. The van der Waals surface area contributed by atoms with Crippen molar-refractivity contribution in [1.82, 2.24) is 5.32 Å². The van der Waals surface area contributed by atoms with Crippen LogP contribution in [-0.2, 0) is 4.74 Å². The number of carbonyl (C=O) groups excluding carboxylic acids is 1. The van der Waals surface area contributed by atoms with Crippen molar-refractivity contribution in [2.24, 2.45) is 5.92 Å². The molecule has 1 atom stereocenters. The molecule has 21 heavy (non-hydrogen) atoms. The minimum atomic E-state index is -0.0265. The van der Waals surface area contributed by atoms with E-state index in [0.29, 0.717) is 24.6 Å². The Bertz CT molecular complexity index is 436. The molecule has 1 saturated heterocycles. The first-order valence-corrected chi connectivity index (χ1v) is 7.78. The second-order valence-corrected chi connectivity index (χ2v) is 5.91. The third-order valence-electron chi connectivity index (χ3n) is 3.58. The van der Waals surface area contributed by atoms with Gasteiger partial charge in [-0.25, -0.2) is 0 Å². The van der Waals surface area contributed by atoms with E-state index in [1.54, 1.807) is 12.1 Å². The number of amides is 1. The lowest BCUT2D eigenvalue weighted by molar-refractivity contribution is 0.0679. The smallest absolute Gasteiger partial charge is 0.251 e. The second kappa shape index (κ2) is 8.03. The number of carbonyl (C=O) groups is 1. The minimum Gasteiger partial charge on any atom is -0.491 e. The Morgan fingerprint density at radius 2 is 2.14 bits per heavy atom. The van der Waals surface area contributed by atoms with E-state index in [1.807, 2.05) is 12.1 Å². The van der Waals surface area contributed by atoms with Crippen molar-refractivity contribution < 1.29 is 14.3 Å². The molecule has 4 nitrogen and oxygen atoms in total. The first-order valence-electron chi connectivity index (χ1n) is 7.78. The van der Waals surface area contributed by atoms with Crippen LogP contribution < -0.4 is 10.1 Å². The molecule has 1 N–H and O–H groups in total. The van der Waals surface area contributed by atoms with Crippen LogP contribution >= 0.6 is 0 Å². The largest absolute Gasteiger partial charge is 0.491 e. The van der Waals surface area contributed by atoms with Crippen LogP contribution in [0.5, 0.6) is 5.75 Å². The lowest BCUT2D eigenvalue weighted by atomic mass is 10.1. The molecular weight excluding hydrogens is 266 g/mol. The van der Waals surface area contributed by atoms with Crippen LogP contribution in [0.1, 0.15) is 43.5 Å². The Balaban J connectivity index is 1.76. The van der Waals surface area contributed by atoms with Gasteiger partial charge in [-0.2, -0.15) is 0 Å². The highest BCUT2D eigenvalue weighted by Crippen LogP contribution is 2.16. The van der Waals surface area contributed by atoms with Gasteiger partial charge in [-0.15, -0.1) is 0 Å². The Kier molecular flexibility index (Phi) is 6.05. The third kappa shape index (κ3) is 5.38. The minimum absolute atomic E-state index is 0.0265. The zero-order valence-electron chi connectivity index (χ0n) is 12.9. The molecule has 1 amide bonds. The fourth-order valence-electron chi connectivity index (χ4n) is 2.24. The predicted molar refractivity (Wildman–Crippen MR) is 82.7 cm³/mol. The molecule has 1 aromatic carbocycles. The molecule has 1 unspecified atom stereocenters. The number of ether oxygens (including phenoxy) is 2. The van der Waals surface area contributed by atoms with Gasteiger partial charge in [0, 0.05) is 18.7 Å². The molecule has 0 aromatic heterocycles. The lowest BCUT2D eigenvalue weighted by Crippen LogP contribution is -2.25. The van der Waals surface area contributed by atoms with Crippen molar-refractivity contribution in [2.75, 3.05) is 19.8 Å². The van der Waals surface area contributed by atoms with Gasteiger partial charge in [-0.3, -0.25) is 4.79 Å². The topological polar surface area (TPSA) is 47.6 Å². The average molecular weight is 291 g/mol. The summed E-state index contributed by atoms with van der Waals surface area (Å²) in [5.41, 5.74) is 0.670.